The lowest BCUT2D eigenvalue weighted by molar-refractivity contribution is -0.150. The van der Waals surface area contributed by atoms with Gasteiger partial charge in [0.15, 0.2) is 0 Å². The third-order valence-corrected chi connectivity index (χ3v) is 7.04. The Morgan fingerprint density at radius 2 is 1.62 bits per heavy atom. The van der Waals surface area contributed by atoms with Crippen LogP contribution in [0.15, 0.2) is 30.3 Å². The van der Waals surface area contributed by atoms with E-state index < -0.39 is 0 Å². The zero-order valence-electron chi connectivity index (χ0n) is 17.4. The van der Waals surface area contributed by atoms with E-state index in [9.17, 15) is 14.4 Å². The van der Waals surface area contributed by atoms with E-state index in [4.69, 9.17) is 0 Å². The Balaban J connectivity index is 1.46. The lowest BCUT2D eigenvalue weighted by atomic mass is 9.93. The summed E-state index contributed by atoms with van der Waals surface area (Å²) in [5.41, 5.74) is 0.708. The molecule has 3 atom stereocenters. The smallest absolute Gasteiger partial charge is 0.253 e. The second kappa shape index (κ2) is 8.17. The van der Waals surface area contributed by atoms with Crippen LogP contribution in [0, 0.1) is 0 Å². The average molecular weight is 398 g/mol. The van der Waals surface area contributed by atoms with Crippen LogP contribution < -0.4 is 0 Å². The molecule has 3 heterocycles. The number of hydrogen-bond donors (Lipinski definition) is 0. The van der Waals surface area contributed by atoms with Crippen LogP contribution in [0.4, 0.5) is 0 Å². The molecule has 1 aromatic carbocycles. The van der Waals surface area contributed by atoms with Crippen molar-refractivity contribution in [2.24, 2.45) is 0 Å². The van der Waals surface area contributed by atoms with Gasteiger partial charge in [-0.25, -0.2) is 0 Å². The number of rotatable bonds is 3. The highest BCUT2D eigenvalue weighted by molar-refractivity contribution is 5.94. The van der Waals surface area contributed by atoms with Crippen LogP contribution in [0.3, 0.4) is 0 Å². The van der Waals surface area contributed by atoms with Gasteiger partial charge in [-0.05, 0) is 57.1 Å². The van der Waals surface area contributed by atoms with Gasteiger partial charge in [0.2, 0.25) is 11.8 Å². The lowest BCUT2D eigenvalue weighted by Crippen LogP contribution is -2.59. The van der Waals surface area contributed by atoms with Gasteiger partial charge < -0.3 is 14.7 Å². The summed E-state index contributed by atoms with van der Waals surface area (Å²) in [4.78, 5) is 44.0. The van der Waals surface area contributed by atoms with Gasteiger partial charge in [-0.15, -0.1) is 0 Å². The molecular formula is C23H31N3O3. The van der Waals surface area contributed by atoms with Gasteiger partial charge in [-0.1, -0.05) is 18.2 Å². The Bertz CT molecular complexity index is 767. The highest BCUT2D eigenvalue weighted by atomic mass is 16.2. The molecule has 4 rings (SSSR count). The van der Waals surface area contributed by atoms with Crippen molar-refractivity contribution < 1.29 is 14.4 Å². The zero-order chi connectivity index (χ0) is 20.5. The normalized spacial score (nSPS) is 28.9. The first-order chi connectivity index (χ1) is 14.0. The molecule has 0 aliphatic carbocycles. The van der Waals surface area contributed by atoms with Gasteiger partial charge in [0.1, 0.15) is 6.04 Å². The maximum atomic E-state index is 13.4. The summed E-state index contributed by atoms with van der Waals surface area (Å²) < 4.78 is 0. The van der Waals surface area contributed by atoms with E-state index in [2.05, 4.69) is 4.90 Å². The van der Waals surface area contributed by atoms with Gasteiger partial charge >= 0.3 is 0 Å². The Labute approximate surface area is 172 Å². The molecule has 6 nitrogen and oxygen atoms in total. The largest absolute Gasteiger partial charge is 0.339 e. The summed E-state index contributed by atoms with van der Waals surface area (Å²) in [6, 6.07) is 9.59. The van der Waals surface area contributed by atoms with Crippen molar-refractivity contribution in [1.29, 1.82) is 0 Å². The summed E-state index contributed by atoms with van der Waals surface area (Å²) in [5, 5.41) is 0. The number of carbonyl (C=O) groups excluding carboxylic acids is 3. The van der Waals surface area contributed by atoms with Crippen LogP contribution >= 0.6 is 0 Å². The molecule has 3 aliphatic heterocycles. The first kappa shape index (κ1) is 19.9. The maximum absolute atomic E-state index is 13.4. The van der Waals surface area contributed by atoms with Crippen molar-refractivity contribution in [3.63, 3.8) is 0 Å². The summed E-state index contributed by atoms with van der Waals surface area (Å²) >= 11 is 0. The number of hydrogen-bond acceptors (Lipinski definition) is 3. The minimum Gasteiger partial charge on any atom is -0.339 e. The molecule has 3 fully saturated rings. The van der Waals surface area contributed by atoms with E-state index in [-0.39, 0.29) is 41.9 Å². The monoisotopic (exact) mass is 397 g/mol. The molecule has 3 unspecified atom stereocenters. The molecule has 0 N–H and O–H groups in total. The van der Waals surface area contributed by atoms with Gasteiger partial charge in [-0.2, -0.15) is 0 Å². The van der Waals surface area contributed by atoms with Gasteiger partial charge in [0, 0.05) is 44.2 Å². The fourth-order valence-corrected chi connectivity index (χ4v) is 5.51. The maximum Gasteiger partial charge on any atom is 0.253 e. The first-order valence-corrected chi connectivity index (χ1v) is 10.9. The van der Waals surface area contributed by atoms with Crippen LogP contribution in [0.25, 0.3) is 0 Å². The highest BCUT2D eigenvalue weighted by Crippen LogP contribution is 2.39. The number of carbonyl (C=O) groups is 3. The fourth-order valence-electron chi connectivity index (χ4n) is 5.51. The molecule has 0 aromatic heterocycles. The Hall–Kier alpha value is -2.37. The number of likely N-dealkylation sites (tertiary alicyclic amines) is 1. The topological polar surface area (TPSA) is 60.9 Å². The van der Waals surface area contributed by atoms with Crippen molar-refractivity contribution in [3.05, 3.63) is 35.9 Å². The van der Waals surface area contributed by atoms with Crippen molar-refractivity contribution in [2.75, 3.05) is 13.6 Å². The summed E-state index contributed by atoms with van der Waals surface area (Å²) in [6.07, 6.45) is 6.38. The average Bonchev–Trinajstić information content (AvgIpc) is 3.01. The second-order valence-corrected chi connectivity index (χ2v) is 8.76. The molecule has 2 bridgehead atoms. The molecule has 29 heavy (non-hydrogen) atoms. The summed E-state index contributed by atoms with van der Waals surface area (Å²) in [5.74, 6) is 0.172. The molecule has 0 spiro atoms. The number of benzene rings is 1. The van der Waals surface area contributed by atoms with Crippen molar-refractivity contribution >= 4 is 17.7 Å². The molecule has 3 amide bonds. The summed E-state index contributed by atoms with van der Waals surface area (Å²) in [7, 11) is 1.88. The minimum atomic E-state index is -0.301. The van der Waals surface area contributed by atoms with Crippen molar-refractivity contribution in [1.82, 2.24) is 14.7 Å². The number of amides is 3. The third-order valence-electron chi connectivity index (χ3n) is 7.04. The molecule has 6 heteroatoms. The summed E-state index contributed by atoms with van der Waals surface area (Å²) in [6.45, 7) is 2.25. The number of piperidine rings is 2. The van der Waals surface area contributed by atoms with Gasteiger partial charge in [-0.3, -0.25) is 14.4 Å². The van der Waals surface area contributed by atoms with E-state index in [0.717, 1.165) is 44.9 Å². The third kappa shape index (κ3) is 3.77. The molecule has 3 aliphatic rings. The number of fused-ring (bicyclic) bond motifs is 2. The van der Waals surface area contributed by atoms with Crippen LogP contribution in [0.1, 0.15) is 62.2 Å². The molecule has 0 saturated carbocycles. The van der Waals surface area contributed by atoms with Gasteiger partial charge in [0.25, 0.3) is 5.91 Å². The molecule has 0 radical (unpaired) electrons. The van der Waals surface area contributed by atoms with Crippen LogP contribution in [0.2, 0.25) is 0 Å². The molecule has 3 saturated heterocycles. The second-order valence-electron chi connectivity index (χ2n) is 8.76. The number of nitrogens with zero attached hydrogens (tertiary/aromatic N) is 3. The van der Waals surface area contributed by atoms with E-state index in [1.54, 1.807) is 11.8 Å². The van der Waals surface area contributed by atoms with Crippen LogP contribution in [0.5, 0.6) is 0 Å². The Kier molecular flexibility index (Phi) is 5.61. The minimum absolute atomic E-state index is 0.00141. The predicted molar refractivity (Wildman–Crippen MR) is 110 cm³/mol. The highest BCUT2D eigenvalue weighted by Gasteiger charge is 2.47. The van der Waals surface area contributed by atoms with Crippen molar-refractivity contribution in [3.8, 4) is 0 Å². The van der Waals surface area contributed by atoms with E-state index in [1.807, 2.05) is 42.3 Å². The molecular weight excluding hydrogens is 366 g/mol. The Morgan fingerprint density at radius 3 is 2.24 bits per heavy atom. The standard InChI is InChI=1S/C23H31N3O3/c1-16(27)25-13-7-6-10-21(25)23(29)26-18-11-12-19(26)15-20(14-18)24(2)22(28)17-8-4-3-5-9-17/h3-5,8-9,18-21H,6-7,10-15H2,1-2H3. The first-order valence-electron chi connectivity index (χ1n) is 10.9. The van der Waals surface area contributed by atoms with Crippen molar-refractivity contribution in [2.45, 2.75) is 76.0 Å². The molecule has 1 aromatic rings. The Morgan fingerprint density at radius 1 is 0.966 bits per heavy atom. The lowest BCUT2D eigenvalue weighted by Gasteiger charge is -2.45. The SMILES string of the molecule is CC(=O)N1CCCCC1C(=O)N1C2CCC1CC(N(C)C(=O)c1ccccc1)C2. The zero-order valence-corrected chi connectivity index (χ0v) is 17.4. The van der Waals surface area contributed by atoms with Crippen LogP contribution in [-0.4, -0.2) is 70.2 Å². The van der Waals surface area contributed by atoms with E-state index in [1.165, 1.54) is 0 Å². The van der Waals surface area contributed by atoms with Crippen LogP contribution in [-0.2, 0) is 9.59 Å². The fraction of sp³-hybridized carbons (Fsp3) is 0.609. The van der Waals surface area contributed by atoms with E-state index >= 15 is 0 Å². The van der Waals surface area contributed by atoms with Gasteiger partial charge in [0.05, 0.1) is 0 Å². The molecule has 156 valence electrons. The van der Waals surface area contributed by atoms with E-state index in [0.29, 0.717) is 12.1 Å². The predicted octanol–water partition coefficient (Wildman–Crippen LogP) is 2.68. The quantitative estimate of drug-likeness (QED) is 0.788.